The van der Waals surface area contributed by atoms with E-state index in [2.05, 4.69) is 16.9 Å². The number of halogens is 1. The maximum absolute atomic E-state index is 14.9. The highest BCUT2D eigenvalue weighted by Gasteiger charge is 2.33. The molecule has 4 atom stereocenters. The summed E-state index contributed by atoms with van der Waals surface area (Å²) in [4.78, 5) is 19.9. The van der Waals surface area contributed by atoms with E-state index in [9.17, 15) is 19.4 Å². The maximum Gasteiger partial charge on any atom is 0.248 e. The van der Waals surface area contributed by atoms with Crippen molar-refractivity contribution in [1.82, 2.24) is 4.98 Å². The highest BCUT2D eigenvalue weighted by atomic mass is 19.1. The molecule has 3 rings (SSSR count). The van der Waals surface area contributed by atoms with E-state index in [1.807, 2.05) is 13.8 Å². The summed E-state index contributed by atoms with van der Waals surface area (Å²) in [6, 6.07) is 2.78. The number of aliphatic imine (C=N–C) groups is 1. The minimum absolute atomic E-state index is 0.00905. The molecular weight excluding hydrogens is 397 g/mol. The van der Waals surface area contributed by atoms with E-state index < -0.39 is 23.9 Å². The summed E-state index contributed by atoms with van der Waals surface area (Å²) in [6.07, 6.45) is 0.962. The summed E-state index contributed by atoms with van der Waals surface area (Å²) in [5, 5.41) is 20.5. The van der Waals surface area contributed by atoms with Gasteiger partial charge < -0.3 is 20.9 Å². The Morgan fingerprint density at radius 1 is 1.32 bits per heavy atom. The van der Waals surface area contributed by atoms with Gasteiger partial charge in [0.05, 0.1) is 18.0 Å². The van der Waals surface area contributed by atoms with Gasteiger partial charge in [-0.1, -0.05) is 19.4 Å². The van der Waals surface area contributed by atoms with Gasteiger partial charge in [0.15, 0.2) is 0 Å². The number of allylic oxidation sites excluding steroid dienone is 3. The standard InChI is InChI=1S/C24H34FN3O3/c1-5-24(31,12-29)16-10-20(28-21(30)11-16)23-15(4)22-14(3)17(6-7-19(22)26)13(2)18(25)8-9-27-23/h10-11,14,18-19,29,31H,5-9,12,26H2,1-4H3,(H,28,30)/b17-13-,22-15+,27-23-/t14?,18?,19-,24+/m0/s1. The largest absolute Gasteiger partial charge is 0.393 e. The third-order valence-electron chi connectivity index (χ3n) is 7.01. The van der Waals surface area contributed by atoms with Gasteiger partial charge in [0, 0.05) is 31.0 Å². The van der Waals surface area contributed by atoms with E-state index in [0.717, 1.165) is 35.1 Å². The number of hydrogen-bond acceptors (Lipinski definition) is 5. The molecule has 2 aliphatic rings. The molecular formula is C24H34FN3O3. The van der Waals surface area contributed by atoms with Crippen molar-refractivity contribution in [3.05, 3.63) is 56.0 Å². The van der Waals surface area contributed by atoms with Crippen LogP contribution in [0.5, 0.6) is 0 Å². The molecule has 2 unspecified atom stereocenters. The maximum atomic E-state index is 14.9. The molecule has 1 fully saturated rings. The molecule has 5 N–H and O–H groups in total. The van der Waals surface area contributed by atoms with Crippen LogP contribution in [0.3, 0.4) is 0 Å². The Morgan fingerprint density at radius 3 is 2.68 bits per heavy atom. The fraction of sp³-hybridized carbons (Fsp3) is 0.583. The zero-order valence-electron chi connectivity index (χ0n) is 18.8. The summed E-state index contributed by atoms with van der Waals surface area (Å²) in [7, 11) is 0. The molecule has 0 amide bonds. The number of pyridine rings is 1. The Morgan fingerprint density at radius 2 is 2.03 bits per heavy atom. The van der Waals surface area contributed by atoms with Crippen molar-refractivity contribution < 1.29 is 14.6 Å². The minimum Gasteiger partial charge on any atom is -0.393 e. The van der Waals surface area contributed by atoms with E-state index in [0.29, 0.717) is 17.0 Å². The Balaban J connectivity index is 2.22. The molecule has 1 aromatic heterocycles. The van der Waals surface area contributed by atoms with Crippen LogP contribution in [-0.4, -0.2) is 46.3 Å². The molecule has 1 aliphatic carbocycles. The average molecular weight is 432 g/mol. The van der Waals surface area contributed by atoms with Crippen LogP contribution in [0.2, 0.25) is 0 Å². The quantitative estimate of drug-likeness (QED) is 0.549. The van der Waals surface area contributed by atoms with Gasteiger partial charge >= 0.3 is 0 Å². The van der Waals surface area contributed by atoms with Crippen molar-refractivity contribution in [2.45, 2.75) is 71.2 Å². The summed E-state index contributed by atoms with van der Waals surface area (Å²) < 4.78 is 14.9. The first-order valence-electron chi connectivity index (χ1n) is 11.1. The molecule has 6 nitrogen and oxygen atoms in total. The third-order valence-corrected chi connectivity index (χ3v) is 7.01. The minimum atomic E-state index is -1.52. The van der Waals surface area contributed by atoms with E-state index >= 15 is 0 Å². The fourth-order valence-electron chi connectivity index (χ4n) is 4.93. The van der Waals surface area contributed by atoms with Crippen LogP contribution < -0.4 is 11.3 Å². The molecule has 2 heterocycles. The number of aromatic nitrogens is 1. The van der Waals surface area contributed by atoms with Gasteiger partial charge in [-0.15, -0.1) is 0 Å². The molecule has 0 aromatic carbocycles. The Kier molecular flexibility index (Phi) is 6.98. The van der Waals surface area contributed by atoms with Gasteiger partial charge in [0.1, 0.15) is 11.8 Å². The van der Waals surface area contributed by atoms with Crippen LogP contribution in [0.1, 0.15) is 64.6 Å². The normalized spacial score (nSPS) is 33.4. The summed E-state index contributed by atoms with van der Waals surface area (Å²) >= 11 is 0. The average Bonchev–Trinajstić information content (AvgIpc) is 2.74. The van der Waals surface area contributed by atoms with Gasteiger partial charge in [-0.2, -0.15) is 0 Å². The molecule has 31 heavy (non-hydrogen) atoms. The molecule has 0 saturated heterocycles. The van der Waals surface area contributed by atoms with Crippen molar-refractivity contribution in [2.24, 2.45) is 16.6 Å². The molecule has 0 radical (unpaired) electrons. The van der Waals surface area contributed by atoms with E-state index in [4.69, 9.17) is 5.73 Å². The fourth-order valence-corrected chi connectivity index (χ4v) is 4.93. The van der Waals surface area contributed by atoms with Gasteiger partial charge in [-0.3, -0.25) is 9.79 Å². The summed E-state index contributed by atoms with van der Waals surface area (Å²) in [5.74, 6) is -0.00905. The zero-order chi connectivity index (χ0) is 22.9. The first-order valence-corrected chi connectivity index (χ1v) is 11.1. The number of alkyl halides is 1. The highest BCUT2D eigenvalue weighted by molar-refractivity contribution is 6.11. The number of aliphatic hydroxyl groups is 2. The van der Waals surface area contributed by atoms with Crippen molar-refractivity contribution in [1.29, 1.82) is 0 Å². The molecule has 1 aliphatic heterocycles. The van der Waals surface area contributed by atoms with Gasteiger partial charge in [0.2, 0.25) is 5.56 Å². The molecule has 0 spiro atoms. The van der Waals surface area contributed by atoms with Crippen molar-refractivity contribution in [3.63, 3.8) is 0 Å². The lowest BCUT2D eigenvalue weighted by molar-refractivity contribution is -0.0223. The second-order valence-electron chi connectivity index (χ2n) is 8.83. The topological polar surface area (TPSA) is 112 Å². The predicted molar refractivity (Wildman–Crippen MR) is 121 cm³/mol. The Bertz CT molecular complexity index is 988. The monoisotopic (exact) mass is 431 g/mol. The number of nitrogens with zero attached hydrogens (tertiary/aromatic N) is 1. The van der Waals surface area contributed by atoms with Crippen LogP contribution in [0, 0.1) is 5.92 Å². The lowest BCUT2D eigenvalue weighted by Crippen LogP contribution is -2.35. The molecule has 1 saturated carbocycles. The van der Waals surface area contributed by atoms with Gasteiger partial charge in [-0.25, -0.2) is 4.39 Å². The predicted octanol–water partition coefficient (Wildman–Crippen LogP) is 2.89. The summed E-state index contributed by atoms with van der Waals surface area (Å²) in [6.45, 7) is 7.38. The number of aromatic amines is 1. The lowest BCUT2D eigenvalue weighted by Gasteiger charge is -2.35. The van der Waals surface area contributed by atoms with E-state index in [-0.39, 0.29) is 31.3 Å². The van der Waals surface area contributed by atoms with Crippen LogP contribution >= 0.6 is 0 Å². The summed E-state index contributed by atoms with van der Waals surface area (Å²) in [5.41, 5.74) is 9.67. The van der Waals surface area contributed by atoms with Crippen LogP contribution in [0.25, 0.3) is 0 Å². The molecule has 7 heteroatoms. The molecule has 170 valence electrons. The SMILES string of the molecule is CC[C@@](O)(CO)c1cc(C2=N\CCC(F)/C(C)=C3/CC[C@H](N)\C(=C\2C)C3C)[nH]c(=O)c1. The second-order valence-corrected chi connectivity index (χ2v) is 8.83. The molecule has 2 bridgehead atoms. The smallest absolute Gasteiger partial charge is 0.248 e. The zero-order valence-corrected chi connectivity index (χ0v) is 18.8. The van der Waals surface area contributed by atoms with E-state index in [1.165, 1.54) is 6.07 Å². The van der Waals surface area contributed by atoms with Crippen LogP contribution in [-0.2, 0) is 5.60 Å². The van der Waals surface area contributed by atoms with Crippen LogP contribution in [0.4, 0.5) is 4.39 Å². The number of nitrogens with one attached hydrogen (secondary N) is 1. The Hall–Kier alpha value is -2.09. The molecule has 1 aromatic rings. The highest BCUT2D eigenvalue weighted by Crippen LogP contribution is 2.39. The van der Waals surface area contributed by atoms with Crippen molar-refractivity contribution >= 4 is 5.71 Å². The number of hydrogen-bond donors (Lipinski definition) is 4. The van der Waals surface area contributed by atoms with Crippen LogP contribution in [0.15, 0.2) is 44.2 Å². The number of fused-ring (bicyclic) bond motifs is 2. The third kappa shape index (κ3) is 4.45. The number of aliphatic hydroxyl groups excluding tert-OH is 1. The van der Waals surface area contributed by atoms with Crippen molar-refractivity contribution in [2.75, 3.05) is 13.2 Å². The lowest BCUT2D eigenvalue weighted by atomic mass is 9.73. The van der Waals surface area contributed by atoms with Gasteiger partial charge in [0.25, 0.3) is 0 Å². The van der Waals surface area contributed by atoms with E-state index in [1.54, 1.807) is 13.0 Å². The Labute approximate surface area is 182 Å². The number of H-pyrrole nitrogens is 1. The first kappa shape index (κ1) is 23.6. The number of nitrogens with two attached hydrogens (primary N) is 1. The number of rotatable bonds is 4. The second kappa shape index (κ2) is 9.18. The van der Waals surface area contributed by atoms with Crippen molar-refractivity contribution in [3.8, 4) is 0 Å². The van der Waals surface area contributed by atoms with Gasteiger partial charge in [-0.05, 0) is 61.5 Å². The first-order chi connectivity index (χ1) is 14.6.